The molecule has 2 heterocycles. The van der Waals surface area contributed by atoms with Crippen LogP contribution in [0.2, 0.25) is 5.02 Å². The zero-order chi connectivity index (χ0) is 16.8. The van der Waals surface area contributed by atoms with Crippen LogP contribution in [-0.2, 0) is 4.74 Å². The molecule has 2 amide bonds. The normalized spacial score (nSPS) is 15.2. The minimum absolute atomic E-state index is 0.241. The number of amides is 2. The number of carbonyl (C=O) groups excluding carboxylic acids is 1. The minimum atomic E-state index is -0.241. The van der Waals surface area contributed by atoms with Gasteiger partial charge in [0.2, 0.25) is 0 Å². The molecule has 0 unspecified atom stereocenters. The van der Waals surface area contributed by atoms with Gasteiger partial charge in [0.05, 0.1) is 30.3 Å². The molecule has 0 bridgehead atoms. The number of rotatable bonds is 5. The standard InChI is InChI=1S/C16H20ClN5O2/c17-14-11-13(1-2-15(14)22-6-3-18-12-22)20-16(23)19-4-5-21-7-9-24-10-8-21/h1-3,6,11-12H,4-5,7-10H2,(H2,19,20,23). The summed E-state index contributed by atoms with van der Waals surface area (Å²) >= 11 is 6.27. The molecule has 0 spiro atoms. The highest BCUT2D eigenvalue weighted by molar-refractivity contribution is 6.32. The third kappa shape index (κ3) is 4.47. The number of nitrogens with zero attached hydrogens (tertiary/aromatic N) is 3. The van der Waals surface area contributed by atoms with Gasteiger partial charge in [0.15, 0.2) is 0 Å². The maximum absolute atomic E-state index is 12.0. The van der Waals surface area contributed by atoms with Crippen LogP contribution < -0.4 is 10.6 Å². The molecule has 128 valence electrons. The molecular weight excluding hydrogens is 330 g/mol. The number of halogens is 1. The average molecular weight is 350 g/mol. The van der Waals surface area contributed by atoms with E-state index in [1.807, 2.05) is 22.9 Å². The van der Waals surface area contributed by atoms with Gasteiger partial charge >= 0.3 is 6.03 Å². The van der Waals surface area contributed by atoms with E-state index in [9.17, 15) is 4.79 Å². The molecule has 0 aliphatic carbocycles. The van der Waals surface area contributed by atoms with E-state index in [1.165, 1.54) is 0 Å². The van der Waals surface area contributed by atoms with Crippen molar-refractivity contribution in [1.82, 2.24) is 19.8 Å². The van der Waals surface area contributed by atoms with Crippen LogP contribution in [0.3, 0.4) is 0 Å². The van der Waals surface area contributed by atoms with E-state index in [0.717, 1.165) is 38.5 Å². The number of morpholine rings is 1. The van der Waals surface area contributed by atoms with Crippen molar-refractivity contribution in [2.45, 2.75) is 0 Å². The van der Waals surface area contributed by atoms with Crippen LogP contribution in [0.25, 0.3) is 5.69 Å². The fourth-order valence-electron chi connectivity index (χ4n) is 2.52. The third-order valence-corrected chi connectivity index (χ3v) is 4.11. The number of urea groups is 1. The van der Waals surface area contributed by atoms with Crippen molar-refractivity contribution in [3.05, 3.63) is 41.9 Å². The summed E-state index contributed by atoms with van der Waals surface area (Å²) < 4.78 is 7.11. The van der Waals surface area contributed by atoms with Crippen LogP contribution >= 0.6 is 11.6 Å². The molecule has 1 fully saturated rings. The molecule has 1 saturated heterocycles. The van der Waals surface area contributed by atoms with Crippen LogP contribution in [0.1, 0.15) is 0 Å². The Morgan fingerprint density at radius 3 is 2.88 bits per heavy atom. The average Bonchev–Trinajstić information content (AvgIpc) is 3.10. The number of imidazole rings is 1. The number of nitrogens with one attached hydrogen (secondary N) is 2. The number of hydrogen-bond acceptors (Lipinski definition) is 4. The zero-order valence-electron chi connectivity index (χ0n) is 13.2. The highest BCUT2D eigenvalue weighted by Gasteiger charge is 2.10. The zero-order valence-corrected chi connectivity index (χ0v) is 14.0. The van der Waals surface area contributed by atoms with E-state index < -0.39 is 0 Å². The molecule has 3 rings (SSSR count). The first-order chi connectivity index (χ1) is 11.7. The van der Waals surface area contributed by atoms with Crippen LogP contribution in [0, 0.1) is 0 Å². The Labute approximate surface area is 145 Å². The van der Waals surface area contributed by atoms with Crippen molar-refractivity contribution in [2.75, 3.05) is 44.7 Å². The van der Waals surface area contributed by atoms with E-state index >= 15 is 0 Å². The fourth-order valence-corrected chi connectivity index (χ4v) is 2.80. The second-order valence-electron chi connectivity index (χ2n) is 5.47. The van der Waals surface area contributed by atoms with Crippen molar-refractivity contribution in [2.24, 2.45) is 0 Å². The lowest BCUT2D eigenvalue weighted by atomic mass is 10.2. The quantitative estimate of drug-likeness (QED) is 0.866. The van der Waals surface area contributed by atoms with Gasteiger partial charge in [-0.3, -0.25) is 4.90 Å². The third-order valence-electron chi connectivity index (χ3n) is 3.81. The molecule has 8 heteroatoms. The van der Waals surface area contributed by atoms with E-state index in [-0.39, 0.29) is 6.03 Å². The number of hydrogen-bond donors (Lipinski definition) is 2. The van der Waals surface area contributed by atoms with Crippen LogP contribution in [-0.4, -0.2) is 59.9 Å². The molecule has 1 aromatic carbocycles. The lowest BCUT2D eigenvalue weighted by molar-refractivity contribution is 0.0388. The van der Waals surface area contributed by atoms with Gasteiger partial charge in [-0.25, -0.2) is 9.78 Å². The Hall–Kier alpha value is -2.09. The molecule has 24 heavy (non-hydrogen) atoms. The largest absolute Gasteiger partial charge is 0.379 e. The molecule has 1 aliphatic rings. The summed E-state index contributed by atoms with van der Waals surface area (Å²) in [6, 6.07) is 5.13. The highest BCUT2D eigenvalue weighted by Crippen LogP contribution is 2.24. The van der Waals surface area contributed by atoms with E-state index in [0.29, 0.717) is 17.3 Å². The molecular formula is C16H20ClN5O2. The Morgan fingerprint density at radius 2 is 2.17 bits per heavy atom. The number of benzene rings is 1. The Balaban J connectivity index is 1.48. The lowest BCUT2D eigenvalue weighted by Gasteiger charge is -2.26. The molecule has 0 atom stereocenters. The molecule has 7 nitrogen and oxygen atoms in total. The molecule has 0 saturated carbocycles. The highest BCUT2D eigenvalue weighted by atomic mass is 35.5. The van der Waals surface area contributed by atoms with Gasteiger partial charge in [0, 0.05) is 44.3 Å². The summed E-state index contributed by atoms with van der Waals surface area (Å²) in [4.78, 5) is 18.2. The summed E-state index contributed by atoms with van der Waals surface area (Å²) in [6.07, 6.45) is 5.17. The SMILES string of the molecule is O=C(NCCN1CCOCC1)Nc1ccc(-n2ccnc2)c(Cl)c1. The van der Waals surface area contributed by atoms with Crippen molar-refractivity contribution in [1.29, 1.82) is 0 Å². The molecule has 1 aliphatic heterocycles. The van der Waals surface area contributed by atoms with Crippen LogP contribution in [0.4, 0.5) is 10.5 Å². The van der Waals surface area contributed by atoms with Crippen LogP contribution in [0.5, 0.6) is 0 Å². The molecule has 2 N–H and O–H groups in total. The van der Waals surface area contributed by atoms with Gasteiger partial charge in [-0.1, -0.05) is 11.6 Å². The summed E-state index contributed by atoms with van der Waals surface area (Å²) in [5, 5.41) is 6.18. The number of carbonyl (C=O) groups is 1. The van der Waals surface area contributed by atoms with Gasteiger partial charge in [0.25, 0.3) is 0 Å². The van der Waals surface area contributed by atoms with Gasteiger partial charge in [-0.05, 0) is 18.2 Å². The molecule has 1 aromatic heterocycles. The van der Waals surface area contributed by atoms with Crippen molar-refractivity contribution in [3.8, 4) is 5.69 Å². The Bertz CT molecular complexity index is 671. The maximum Gasteiger partial charge on any atom is 0.319 e. The topological polar surface area (TPSA) is 71.4 Å². The predicted molar refractivity (Wildman–Crippen MR) is 92.9 cm³/mol. The monoisotopic (exact) mass is 349 g/mol. The maximum atomic E-state index is 12.0. The second kappa shape index (κ2) is 8.14. The van der Waals surface area contributed by atoms with E-state index in [2.05, 4.69) is 20.5 Å². The first kappa shape index (κ1) is 16.8. The Kier molecular flexibility index (Phi) is 5.68. The first-order valence-electron chi connectivity index (χ1n) is 7.85. The summed E-state index contributed by atoms with van der Waals surface area (Å²) in [5.41, 5.74) is 1.46. The number of ether oxygens (including phenoxy) is 1. The summed E-state index contributed by atoms with van der Waals surface area (Å²) in [7, 11) is 0. The summed E-state index contributed by atoms with van der Waals surface area (Å²) in [6.45, 7) is 4.74. The van der Waals surface area contributed by atoms with Gasteiger partial charge in [-0.2, -0.15) is 0 Å². The van der Waals surface area contributed by atoms with Gasteiger partial charge < -0.3 is 19.9 Å². The Morgan fingerprint density at radius 1 is 1.33 bits per heavy atom. The van der Waals surface area contributed by atoms with E-state index in [4.69, 9.17) is 16.3 Å². The van der Waals surface area contributed by atoms with Crippen molar-refractivity contribution >= 4 is 23.3 Å². The predicted octanol–water partition coefficient (Wildman–Crippen LogP) is 1.98. The number of anilines is 1. The number of aromatic nitrogens is 2. The minimum Gasteiger partial charge on any atom is -0.379 e. The molecule has 0 radical (unpaired) electrons. The fraction of sp³-hybridized carbons (Fsp3) is 0.375. The second-order valence-corrected chi connectivity index (χ2v) is 5.88. The molecule has 2 aromatic rings. The van der Waals surface area contributed by atoms with Crippen molar-refractivity contribution in [3.63, 3.8) is 0 Å². The van der Waals surface area contributed by atoms with Gasteiger partial charge in [-0.15, -0.1) is 0 Å². The van der Waals surface area contributed by atoms with Gasteiger partial charge in [0.1, 0.15) is 0 Å². The first-order valence-corrected chi connectivity index (χ1v) is 8.23. The van der Waals surface area contributed by atoms with Crippen molar-refractivity contribution < 1.29 is 9.53 Å². The van der Waals surface area contributed by atoms with E-state index in [1.54, 1.807) is 18.6 Å². The smallest absolute Gasteiger partial charge is 0.319 e. The summed E-state index contributed by atoms with van der Waals surface area (Å²) in [5.74, 6) is 0. The van der Waals surface area contributed by atoms with Crippen LogP contribution in [0.15, 0.2) is 36.9 Å². The lowest BCUT2D eigenvalue weighted by Crippen LogP contribution is -2.42.